The van der Waals surface area contributed by atoms with E-state index in [0.717, 1.165) is 39.0 Å². The summed E-state index contributed by atoms with van der Waals surface area (Å²) < 4.78 is 5.76. The van der Waals surface area contributed by atoms with Crippen LogP contribution in [-0.4, -0.2) is 37.7 Å². The van der Waals surface area contributed by atoms with Gasteiger partial charge in [0.25, 0.3) is 0 Å². The van der Waals surface area contributed by atoms with Gasteiger partial charge in [0.2, 0.25) is 5.91 Å². The molecule has 2 heterocycles. The van der Waals surface area contributed by atoms with Gasteiger partial charge >= 0.3 is 0 Å². The van der Waals surface area contributed by atoms with Crippen LogP contribution in [0, 0.1) is 17.3 Å². The number of amides is 1. The van der Waals surface area contributed by atoms with Crippen LogP contribution in [0.2, 0.25) is 0 Å². The van der Waals surface area contributed by atoms with Crippen molar-refractivity contribution in [3.8, 4) is 0 Å². The van der Waals surface area contributed by atoms with Crippen molar-refractivity contribution >= 4 is 5.91 Å². The number of ether oxygens (including phenoxy) is 1. The van der Waals surface area contributed by atoms with Crippen LogP contribution in [-0.2, 0) is 9.53 Å². The Bertz CT molecular complexity index is 337. The third kappa shape index (κ3) is 1.86. The highest BCUT2D eigenvalue weighted by molar-refractivity contribution is 5.79. The number of rotatable bonds is 2. The summed E-state index contributed by atoms with van der Waals surface area (Å²) in [7, 11) is 0. The van der Waals surface area contributed by atoms with Gasteiger partial charge in [0.05, 0.1) is 6.10 Å². The molecule has 2 aliphatic heterocycles. The van der Waals surface area contributed by atoms with E-state index in [4.69, 9.17) is 4.74 Å². The molecule has 4 nitrogen and oxygen atoms in total. The van der Waals surface area contributed by atoms with Crippen LogP contribution in [0.15, 0.2) is 0 Å². The van der Waals surface area contributed by atoms with Crippen LogP contribution in [0.1, 0.15) is 33.1 Å². The van der Waals surface area contributed by atoms with Crippen molar-refractivity contribution in [2.75, 3.05) is 19.7 Å². The molecule has 2 N–H and O–H groups in total. The minimum atomic E-state index is 0.101. The van der Waals surface area contributed by atoms with Gasteiger partial charge in [-0.15, -0.1) is 0 Å². The zero-order chi connectivity index (χ0) is 12.8. The molecule has 3 rings (SSSR count). The molecule has 4 heteroatoms. The third-order valence-corrected chi connectivity index (χ3v) is 5.11. The van der Waals surface area contributed by atoms with Crippen LogP contribution >= 0.6 is 0 Å². The van der Waals surface area contributed by atoms with Gasteiger partial charge in [0, 0.05) is 29.9 Å². The Morgan fingerprint density at radius 2 is 2.00 bits per heavy atom. The van der Waals surface area contributed by atoms with Gasteiger partial charge in [0.1, 0.15) is 0 Å². The van der Waals surface area contributed by atoms with E-state index in [0.29, 0.717) is 18.1 Å². The average Bonchev–Trinajstić information content (AvgIpc) is 2.83. The molecule has 0 aromatic heterocycles. The van der Waals surface area contributed by atoms with Crippen LogP contribution in [0.4, 0.5) is 0 Å². The molecule has 3 atom stereocenters. The monoisotopic (exact) mass is 252 g/mol. The highest BCUT2D eigenvalue weighted by Crippen LogP contribution is 2.52. The molecule has 0 unspecified atom stereocenters. The summed E-state index contributed by atoms with van der Waals surface area (Å²) in [5, 5.41) is 6.61. The van der Waals surface area contributed by atoms with E-state index in [-0.39, 0.29) is 17.2 Å². The lowest BCUT2D eigenvalue weighted by molar-refractivity contribution is -0.141. The van der Waals surface area contributed by atoms with Crippen molar-refractivity contribution in [2.45, 2.75) is 45.3 Å². The zero-order valence-electron chi connectivity index (χ0n) is 11.4. The SMILES string of the molecule is CC1(C)[C@H](NC(=O)C2CCNCC2)[C@H]2CCO[C@H]21. The maximum atomic E-state index is 12.3. The summed E-state index contributed by atoms with van der Waals surface area (Å²) in [5.41, 5.74) is 0.101. The molecule has 1 amide bonds. The second-order valence-corrected chi connectivity index (χ2v) is 6.58. The van der Waals surface area contributed by atoms with Crippen molar-refractivity contribution in [3.05, 3.63) is 0 Å². The van der Waals surface area contributed by atoms with Gasteiger partial charge in [-0.2, -0.15) is 0 Å². The minimum absolute atomic E-state index is 0.101. The van der Waals surface area contributed by atoms with Crippen molar-refractivity contribution in [3.63, 3.8) is 0 Å². The Hall–Kier alpha value is -0.610. The van der Waals surface area contributed by atoms with Crippen molar-refractivity contribution in [1.82, 2.24) is 10.6 Å². The molecule has 0 radical (unpaired) electrons. The third-order valence-electron chi connectivity index (χ3n) is 5.11. The number of nitrogens with one attached hydrogen (secondary N) is 2. The summed E-state index contributed by atoms with van der Waals surface area (Å²) in [6, 6.07) is 0.312. The van der Waals surface area contributed by atoms with E-state index in [1.54, 1.807) is 0 Å². The highest BCUT2D eigenvalue weighted by Gasteiger charge is 2.59. The predicted octanol–water partition coefficient (Wildman–Crippen LogP) is 0.916. The van der Waals surface area contributed by atoms with Gasteiger partial charge in [-0.3, -0.25) is 4.79 Å². The summed E-state index contributed by atoms with van der Waals surface area (Å²) in [6.07, 6.45) is 3.41. The normalized spacial score (nSPS) is 38.9. The molecule has 1 aliphatic carbocycles. The Balaban J connectivity index is 1.60. The largest absolute Gasteiger partial charge is 0.377 e. The molecular formula is C14H24N2O2. The van der Waals surface area contributed by atoms with E-state index < -0.39 is 0 Å². The standard InChI is InChI=1S/C14H24N2O2/c1-14(2)11(10-5-8-18-12(10)14)16-13(17)9-3-6-15-7-4-9/h9-12,15H,3-8H2,1-2H3,(H,16,17)/t10-,11-,12-/m1/s1. The number of carbonyl (C=O) groups is 1. The van der Waals surface area contributed by atoms with E-state index in [2.05, 4.69) is 24.5 Å². The first-order chi connectivity index (χ1) is 8.60. The molecule has 0 aromatic carbocycles. The Labute approximate surface area is 109 Å². The Morgan fingerprint density at radius 3 is 2.72 bits per heavy atom. The molecule has 102 valence electrons. The number of hydrogen-bond acceptors (Lipinski definition) is 3. The van der Waals surface area contributed by atoms with Crippen LogP contribution in [0.5, 0.6) is 0 Å². The molecule has 1 saturated carbocycles. The fourth-order valence-electron chi connectivity index (χ4n) is 3.97. The highest BCUT2D eigenvalue weighted by atomic mass is 16.5. The molecule has 2 saturated heterocycles. The van der Waals surface area contributed by atoms with E-state index in [9.17, 15) is 4.79 Å². The van der Waals surface area contributed by atoms with Crippen molar-refractivity contribution in [2.24, 2.45) is 17.3 Å². The summed E-state index contributed by atoms with van der Waals surface area (Å²) in [5.74, 6) is 1.02. The molecule has 0 spiro atoms. The molecular weight excluding hydrogens is 228 g/mol. The van der Waals surface area contributed by atoms with Gasteiger partial charge in [-0.25, -0.2) is 0 Å². The molecule has 3 fully saturated rings. The minimum Gasteiger partial charge on any atom is -0.377 e. The van der Waals surface area contributed by atoms with Crippen LogP contribution < -0.4 is 10.6 Å². The fraction of sp³-hybridized carbons (Fsp3) is 0.929. The first-order valence-corrected chi connectivity index (χ1v) is 7.23. The summed E-state index contributed by atoms with van der Waals surface area (Å²) in [6.45, 7) is 7.24. The van der Waals surface area contributed by atoms with E-state index >= 15 is 0 Å². The second-order valence-electron chi connectivity index (χ2n) is 6.58. The molecule has 3 aliphatic rings. The molecule has 0 bridgehead atoms. The number of piperidine rings is 1. The number of hydrogen-bond donors (Lipinski definition) is 2. The Kier molecular flexibility index (Phi) is 3.10. The van der Waals surface area contributed by atoms with Crippen molar-refractivity contribution in [1.29, 1.82) is 0 Å². The van der Waals surface area contributed by atoms with Crippen molar-refractivity contribution < 1.29 is 9.53 Å². The first-order valence-electron chi connectivity index (χ1n) is 7.23. The second kappa shape index (κ2) is 4.49. The van der Waals surface area contributed by atoms with Crippen LogP contribution in [0.3, 0.4) is 0 Å². The first kappa shape index (κ1) is 12.4. The smallest absolute Gasteiger partial charge is 0.223 e. The fourth-order valence-corrected chi connectivity index (χ4v) is 3.97. The lowest BCUT2D eigenvalue weighted by atomic mass is 9.57. The number of fused-ring (bicyclic) bond motifs is 1. The zero-order valence-corrected chi connectivity index (χ0v) is 11.4. The average molecular weight is 252 g/mol. The predicted molar refractivity (Wildman–Crippen MR) is 69.2 cm³/mol. The molecule has 0 aromatic rings. The summed E-state index contributed by atoms with van der Waals surface area (Å²) >= 11 is 0. The van der Waals surface area contributed by atoms with E-state index in [1.807, 2.05) is 0 Å². The van der Waals surface area contributed by atoms with Gasteiger partial charge in [-0.1, -0.05) is 13.8 Å². The van der Waals surface area contributed by atoms with Crippen LogP contribution in [0.25, 0.3) is 0 Å². The van der Waals surface area contributed by atoms with Gasteiger partial charge in [0.15, 0.2) is 0 Å². The lowest BCUT2D eigenvalue weighted by Crippen LogP contribution is -2.67. The molecule has 18 heavy (non-hydrogen) atoms. The van der Waals surface area contributed by atoms with Gasteiger partial charge in [-0.05, 0) is 32.4 Å². The Morgan fingerprint density at radius 1 is 1.28 bits per heavy atom. The summed E-state index contributed by atoms with van der Waals surface area (Å²) in [4.78, 5) is 12.3. The maximum absolute atomic E-state index is 12.3. The van der Waals surface area contributed by atoms with E-state index in [1.165, 1.54) is 0 Å². The number of carbonyl (C=O) groups excluding carboxylic acids is 1. The van der Waals surface area contributed by atoms with Gasteiger partial charge < -0.3 is 15.4 Å². The maximum Gasteiger partial charge on any atom is 0.223 e. The quantitative estimate of drug-likeness (QED) is 0.768. The lowest BCUT2D eigenvalue weighted by Gasteiger charge is -2.54. The topological polar surface area (TPSA) is 50.4 Å².